The minimum atomic E-state index is -1.02. The summed E-state index contributed by atoms with van der Waals surface area (Å²) in [7, 11) is 1.61. The molecular weight excluding hydrogens is 408 g/mol. The van der Waals surface area contributed by atoms with Crippen LogP contribution in [0.1, 0.15) is 43.5 Å². The van der Waals surface area contributed by atoms with Crippen LogP contribution in [-0.4, -0.2) is 45.8 Å². The molecule has 0 unspecified atom stereocenters. The third kappa shape index (κ3) is 5.29. The Balaban J connectivity index is 2.15. The highest BCUT2D eigenvalue weighted by atomic mass is 16.5. The molecule has 0 aliphatic heterocycles. The molecule has 32 heavy (non-hydrogen) atoms. The molecule has 0 radical (unpaired) electrons. The molecule has 0 aliphatic carbocycles. The number of para-hydroxylation sites is 1. The Hall–Kier alpha value is -3.32. The standard InChI is InChI=1S/C25H30N2O5/c1-4-6-13-32-24-12-11-17(25(29)30)14-20(24)21-15-22(27(26-21)16-18(28)5-2)19-9-7-8-10-23(19)31-3/h7-12,14-15,18,28H,4-6,13,16H2,1-3H3,(H,29,30)/t18-/m1/s1. The first-order valence-electron chi connectivity index (χ1n) is 10.9. The van der Waals surface area contributed by atoms with Crippen LogP contribution in [-0.2, 0) is 6.54 Å². The third-order valence-corrected chi connectivity index (χ3v) is 5.28. The van der Waals surface area contributed by atoms with Crippen LogP contribution in [0, 0.1) is 0 Å². The number of aromatic carboxylic acids is 1. The number of aromatic nitrogens is 2. The molecule has 0 bridgehead atoms. The fourth-order valence-electron chi connectivity index (χ4n) is 3.40. The smallest absolute Gasteiger partial charge is 0.335 e. The van der Waals surface area contributed by atoms with Crippen LogP contribution in [0.4, 0.5) is 0 Å². The van der Waals surface area contributed by atoms with Gasteiger partial charge in [-0.15, -0.1) is 0 Å². The monoisotopic (exact) mass is 438 g/mol. The second-order valence-electron chi connectivity index (χ2n) is 7.58. The van der Waals surface area contributed by atoms with Gasteiger partial charge in [-0.3, -0.25) is 4.68 Å². The molecule has 0 saturated carbocycles. The lowest BCUT2D eigenvalue weighted by Crippen LogP contribution is -2.16. The molecule has 2 N–H and O–H groups in total. The molecule has 1 heterocycles. The van der Waals surface area contributed by atoms with E-state index in [1.54, 1.807) is 23.9 Å². The average molecular weight is 439 g/mol. The van der Waals surface area contributed by atoms with Gasteiger partial charge in [0.25, 0.3) is 0 Å². The summed E-state index contributed by atoms with van der Waals surface area (Å²) in [4.78, 5) is 11.6. The molecule has 1 aromatic heterocycles. The van der Waals surface area contributed by atoms with E-state index in [2.05, 4.69) is 6.92 Å². The normalized spacial score (nSPS) is 11.9. The highest BCUT2D eigenvalue weighted by molar-refractivity contribution is 5.90. The SMILES string of the molecule is CCCCOc1ccc(C(=O)O)cc1-c1cc(-c2ccccc2OC)n(C[C@H](O)CC)n1. The van der Waals surface area contributed by atoms with Gasteiger partial charge < -0.3 is 19.7 Å². The van der Waals surface area contributed by atoms with Gasteiger partial charge in [-0.25, -0.2) is 4.79 Å². The molecule has 7 nitrogen and oxygen atoms in total. The van der Waals surface area contributed by atoms with Crippen LogP contribution in [0.2, 0.25) is 0 Å². The van der Waals surface area contributed by atoms with E-state index < -0.39 is 12.1 Å². The van der Waals surface area contributed by atoms with Crippen molar-refractivity contribution in [3.63, 3.8) is 0 Å². The number of unbranched alkanes of at least 4 members (excludes halogenated alkanes) is 1. The number of nitrogens with zero attached hydrogens (tertiary/aromatic N) is 2. The number of rotatable bonds is 11. The lowest BCUT2D eigenvalue weighted by molar-refractivity contribution is 0.0697. The molecule has 7 heteroatoms. The van der Waals surface area contributed by atoms with Gasteiger partial charge in [-0.05, 0) is 49.2 Å². The summed E-state index contributed by atoms with van der Waals surface area (Å²) in [6.07, 6.45) is 1.90. The Bertz CT molecular complexity index is 1060. The van der Waals surface area contributed by atoms with E-state index in [0.29, 0.717) is 42.3 Å². The van der Waals surface area contributed by atoms with Gasteiger partial charge in [0, 0.05) is 11.1 Å². The highest BCUT2D eigenvalue weighted by Gasteiger charge is 2.20. The first-order chi connectivity index (χ1) is 15.5. The van der Waals surface area contributed by atoms with Crippen molar-refractivity contribution in [1.29, 1.82) is 0 Å². The van der Waals surface area contributed by atoms with Crippen LogP contribution in [0.15, 0.2) is 48.5 Å². The largest absolute Gasteiger partial charge is 0.496 e. The number of aliphatic hydroxyl groups excluding tert-OH is 1. The number of hydrogen-bond acceptors (Lipinski definition) is 5. The van der Waals surface area contributed by atoms with Crippen LogP contribution in [0.25, 0.3) is 22.5 Å². The third-order valence-electron chi connectivity index (χ3n) is 5.28. The highest BCUT2D eigenvalue weighted by Crippen LogP contribution is 2.36. The minimum Gasteiger partial charge on any atom is -0.496 e. The van der Waals surface area contributed by atoms with E-state index in [0.717, 1.165) is 24.1 Å². The lowest BCUT2D eigenvalue weighted by Gasteiger charge is -2.13. The van der Waals surface area contributed by atoms with Crippen molar-refractivity contribution in [2.24, 2.45) is 0 Å². The van der Waals surface area contributed by atoms with Crippen molar-refractivity contribution in [1.82, 2.24) is 9.78 Å². The predicted molar refractivity (Wildman–Crippen MR) is 123 cm³/mol. The van der Waals surface area contributed by atoms with Gasteiger partial charge in [0.2, 0.25) is 0 Å². The van der Waals surface area contributed by atoms with Crippen molar-refractivity contribution in [3.05, 3.63) is 54.1 Å². The minimum absolute atomic E-state index is 0.157. The number of carbonyl (C=O) groups is 1. The Labute approximate surface area is 188 Å². The van der Waals surface area contributed by atoms with E-state index in [9.17, 15) is 15.0 Å². The number of benzene rings is 2. The number of carboxylic acids is 1. The summed E-state index contributed by atoms with van der Waals surface area (Å²) in [6, 6.07) is 14.3. The topological polar surface area (TPSA) is 93.8 Å². The molecule has 0 fully saturated rings. The number of ether oxygens (including phenoxy) is 2. The fraction of sp³-hybridized carbons (Fsp3) is 0.360. The van der Waals surface area contributed by atoms with E-state index in [-0.39, 0.29) is 5.56 Å². The quantitative estimate of drug-likeness (QED) is 0.415. The Morgan fingerprint density at radius 1 is 1.09 bits per heavy atom. The zero-order valence-corrected chi connectivity index (χ0v) is 18.7. The first kappa shape index (κ1) is 23.3. The molecule has 3 aromatic rings. The fourth-order valence-corrected chi connectivity index (χ4v) is 3.40. The zero-order chi connectivity index (χ0) is 23.1. The lowest BCUT2D eigenvalue weighted by atomic mass is 10.0. The van der Waals surface area contributed by atoms with Gasteiger partial charge in [-0.1, -0.05) is 32.4 Å². The maximum atomic E-state index is 11.6. The van der Waals surface area contributed by atoms with E-state index >= 15 is 0 Å². The summed E-state index contributed by atoms with van der Waals surface area (Å²) in [5, 5.41) is 24.5. The Morgan fingerprint density at radius 2 is 1.88 bits per heavy atom. The van der Waals surface area contributed by atoms with Crippen LogP contribution >= 0.6 is 0 Å². The summed E-state index contributed by atoms with van der Waals surface area (Å²) in [5.74, 6) is 0.248. The van der Waals surface area contributed by atoms with E-state index in [4.69, 9.17) is 14.6 Å². The van der Waals surface area contributed by atoms with Gasteiger partial charge in [0.15, 0.2) is 0 Å². The van der Waals surface area contributed by atoms with Crippen molar-refractivity contribution >= 4 is 5.97 Å². The first-order valence-corrected chi connectivity index (χ1v) is 10.9. The molecule has 1 atom stereocenters. The number of aliphatic hydroxyl groups is 1. The van der Waals surface area contributed by atoms with E-state index in [1.165, 1.54) is 6.07 Å². The zero-order valence-electron chi connectivity index (χ0n) is 18.7. The number of methoxy groups -OCH3 is 1. The maximum Gasteiger partial charge on any atom is 0.335 e. The van der Waals surface area contributed by atoms with Crippen molar-refractivity contribution in [2.75, 3.05) is 13.7 Å². The van der Waals surface area contributed by atoms with Crippen LogP contribution < -0.4 is 9.47 Å². The van der Waals surface area contributed by atoms with Gasteiger partial charge in [0.05, 0.1) is 43.3 Å². The van der Waals surface area contributed by atoms with Gasteiger partial charge >= 0.3 is 5.97 Å². The molecule has 2 aromatic carbocycles. The second-order valence-corrected chi connectivity index (χ2v) is 7.58. The van der Waals surface area contributed by atoms with E-state index in [1.807, 2.05) is 37.3 Å². The summed E-state index contributed by atoms with van der Waals surface area (Å²) in [6.45, 7) is 4.82. The molecule has 0 amide bonds. The Morgan fingerprint density at radius 3 is 2.56 bits per heavy atom. The molecule has 0 aliphatic rings. The second kappa shape index (κ2) is 10.8. The van der Waals surface area contributed by atoms with Crippen molar-refractivity contribution in [2.45, 2.75) is 45.8 Å². The van der Waals surface area contributed by atoms with Crippen molar-refractivity contribution in [3.8, 4) is 34.0 Å². The molecule has 0 spiro atoms. The number of carboxylic acid groups (broad SMARTS) is 1. The Kier molecular flexibility index (Phi) is 7.89. The molecule has 170 valence electrons. The predicted octanol–water partition coefficient (Wildman–Crippen LogP) is 4.87. The van der Waals surface area contributed by atoms with Crippen LogP contribution in [0.5, 0.6) is 11.5 Å². The van der Waals surface area contributed by atoms with Gasteiger partial charge in [-0.2, -0.15) is 5.10 Å². The van der Waals surface area contributed by atoms with Crippen molar-refractivity contribution < 1.29 is 24.5 Å². The summed E-state index contributed by atoms with van der Waals surface area (Å²) >= 11 is 0. The molecule has 3 rings (SSSR count). The molecule has 0 saturated heterocycles. The maximum absolute atomic E-state index is 11.6. The average Bonchev–Trinajstić information content (AvgIpc) is 3.22. The number of hydrogen-bond donors (Lipinski definition) is 2. The molecular formula is C25H30N2O5. The summed E-state index contributed by atoms with van der Waals surface area (Å²) < 4.78 is 13.2. The van der Waals surface area contributed by atoms with Crippen LogP contribution in [0.3, 0.4) is 0 Å². The summed E-state index contributed by atoms with van der Waals surface area (Å²) in [5.41, 5.74) is 2.93. The van der Waals surface area contributed by atoms with Gasteiger partial charge in [0.1, 0.15) is 11.5 Å².